The van der Waals surface area contributed by atoms with Gasteiger partial charge in [-0.2, -0.15) is 0 Å². The lowest BCUT2D eigenvalue weighted by Gasteiger charge is -2.13. The molecular formula is C9H17N3O. The van der Waals surface area contributed by atoms with E-state index in [0.717, 1.165) is 12.8 Å². The molecule has 1 amide bonds. The topological polar surface area (TPSA) is 81.5 Å². The summed E-state index contributed by atoms with van der Waals surface area (Å²) in [5.41, 5.74) is 10.9. The van der Waals surface area contributed by atoms with Crippen molar-refractivity contribution in [2.24, 2.45) is 28.3 Å². The molecule has 1 fully saturated rings. The number of hydrogen-bond acceptors (Lipinski definition) is 2. The van der Waals surface area contributed by atoms with E-state index in [-0.39, 0.29) is 5.92 Å². The molecule has 0 spiro atoms. The summed E-state index contributed by atoms with van der Waals surface area (Å²) in [5, 5.41) is 0. The molecule has 0 bridgehead atoms. The summed E-state index contributed by atoms with van der Waals surface area (Å²) in [4.78, 5) is 15.1. The highest BCUT2D eigenvalue weighted by molar-refractivity contribution is 5.89. The fourth-order valence-corrected chi connectivity index (χ4v) is 1.19. The Hall–Kier alpha value is -1.06. The number of primary amides is 1. The van der Waals surface area contributed by atoms with Gasteiger partial charge in [-0.25, -0.2) is 0 Å². The molecule has 4 N–H and O–H groups in total. The number of carbonyl (C=O) groups is 1. The molecule has 0 aromatic rings. The maximum absolute atomic E-state index is 11.0. The van der Waals surface area contributed by atoms with E-state index in [1.165, 1.54) is 0 Å². The average Bonchev–Trinajstić information content (AvgIpc) is 2.80. The minimum absolute atomic E-state index is 0.120. The Balaban J connectivity index is 2.64. The number of carbonyl (C=O) groups excluding carboxylic acids is 1. The Morgan fingerprint density at radius 1 is 1.38 bits per heavy atom. The molecule has 0 radical (unpaired) electrons. The van der Waals surface area contributed by atoms with Gasteiger partial charge >= 0.3 is 0 Å². The van der Waals surface area contributed by atoms with Crippen molar-refractivity contribution in [2.75, 3.05) is 0 Å². The second-order valence-electron chi connectivity index (χ2n) is 3.92. The van der Waals surface area contributed by atoms with Crippen LogP contribution in [0.15, 0.2) is 4.99 Å². The molecule has 0 aromatic heterocycles. The lowest BCUT2D eigenvalue weighted by atomic mass is 10.0. The van der Waals surface area contributed by atoms with E-state index >= 15 is 0 Å². The molecule has 1 saturated carbocycles. The zero-order valence-electron chi connectivity index (χ0n) is 8.16. The van der Waals surface area contributed by atoms with Gasteiger partial charge in [0.25, 0.3) is 0 Å². The van der Waals surface area contributed by atoms with Gasteiger partial charge in [-0.15, -0.1) is 0 Å². The van der Waals surface area contributed by atoms with Gasteiger partial charge < -0.3 is 11.5 Å². The summed E-state index contributed by atoms with van der Waals surface area (Å²) in [6.45, 7) is 3.83. The van der Waals surface area contributed by atoms with Gasteiger partial charge in [0.2, 0.25) is 5.91 Å². The Kier molecular flexibility index (Phi) is 2.90. The van der Waals surface area contributed by atoms with Crippen LogP contribution >= 0.6 is 0 Å². The molecule has 74 valence electrons. The van der Waals surface area contributed by atoms with Crippen molar-refractivity contribution in [2.45, 2.75) is 32.7 Å². The van der Waals surface area contributed by atoms with Crippen molar-refractivity contribution in [1.82, 2.24) is 0 Å². The molecule has 4 nitrogen and oxygen atoms in total. The Morgan fingerprint density at radius 3 is 2.23 bits per heavy atom. The van der Waals surface area contributed by atoms with Crippen molar-refractivity contribution >= 4 is 11.7 Å². The number of amidine groups is 1. The number of nitrogens with zero attached hydrogens (tertiary/aromatic N) is 1. The first-order valence-electron chi connectivity index (χ1n) is 4.65. The Morgan fingerprint density at radius 2 is 1.92 bits per heavy atom. The third kappa shape index (κ3) is 2.72. The van der Waals surface area contributed by atoms with E-state index in [0.29, 0.717) is 11.8 Å². The van der Waals surface area contributed by atoms with Crippen LogP contribution < -0.4 is 11.5 Å². The molecular weight excluding hydrogens is 166 g/mol. The molecule has 1 aliphatic rings. The van der Waals surface area contributed by atoms with Crippen molar-refractivity contribution in [3.8, 4) is 0 Å². The first-order chi connectivity index (χ1) is 6.02. The van der Waals surface area contributed by atoms with E-state index < -0.39 is 11.9 Å². The lowest BCUT2D eigenvalue weighted by Crippen LogP contribution is -2.34. The molecule has 0 heterocycles. The summed E-state index contributed by atoms with van der Waals surface area (Å²) < 4.78 is 0. The van der Waals surface area contributed by atoms with Gasteiger partial charge in [-0.3, -0.25) is 9.79 Å². The van der Waals surface area contributed by atoms with Crippen molar-refractivity contribution in [1.29, 1.82) is 0 Å². The van der Waals surface area contributed by atoms with Crippen LogP contribution in [0.5, 0.6) is 0 Å². The molecule has 1 aliphatic carbocycles. The number of amides is 1. The minimum Gasteiger partial charge on any atom is -0.387 e. The van der Waals surface area contributed by atoms with E-state index in [1.807, 2.05) is 13.8 Å². The summed E-state index contributed by atoms with van der Waals surface area (Å²) in [7, 11) is 0. The van der Waals surface area contributed by atoms with Crippen molar-refractivity contribution in [3.05, 3.63) is 0 Å². The monoisotopic (exact) mass is 183 g/mol. The van der Waals surface area contributed by atoms with Gasteiger partial charge in [0.05, 0.1) is 5.84 Å². The third-order valence-electron chi connectivity index (χ3n) is 2.21. The SMILES string of the molecule is CC(C)C(N=C(N)C1CC1)C(N)=O. The van der Waals surface area contributed by atoms with Crippen LogP contribution in [-0.2, 0) is 4.79 Å². The fraction of sp³-hybridized carbons (Fsp3) is 0.778. The summed E-state index contributed by atoms with van der Waals surface area (Å²) in [6, 6.07) is -0.458. The Bertz CT molecular complexity index is 231. The summed E-state index contributed by atoms with van der Waals surface area (Å²) in [5.74, 6) is 0.728. The van der Waals surface area contributed by atoms with Gasteiger partial charge in [0.1, 0.15) is 6.04 Å². The molecule has 0 aliphatic heterocycles. The normalized spacial score (nSPS) is 20.4. The first kappa shape index (κ1) is 10.0. The van der Waals surface area contributed by atoms with Crippen LogP contribution in [0.2, 0.25) is 0 Å². The van der Waals surface area contributed by atoms with Gasteiger partial charge in [0, 0.05) is 5.92 Å². The largest absolute Gasteiger partial charge is 0.387 e. The van der Waals surface area contributed by atoms with Crippen LogP contribution in [0.1, 0.15) is 26.7 Å². The van der Waals surface area contributed by atoms with Gasteiger partial charge in [-0.05, 0) is 18.8 Å². The maximum Gasteiger partial charge on any atom is 0.242 e. The number of nitrogens with two attached hydrogens (primary N) is 2. The van der Waals surface area contributed by atoms with Gasteiger partial charge in [-0.1, -0.05) is 13.8 Å². The number of hydrogen-bond donors (Lipinski definition) is 2. The standard InChI is InChI=1S/C9H17N3O/c1-5(2)7(9(11)13)12-8(10)6-3-4-6/h5-7H,3-4H2,1-2H3,(H2,10,12)(H2,11,13). The summed E-state index contributed by atoms with van der Waals surface area (Å²) >= 11 is 0. The highest BCUT2D eigenvalue weighted by Crippen LogP contribution is 2.29. The van der Waals surface area contributed by atoms with Crippen LogP contribution in [0, 0.1) is 11.8 Å². The predicted octanol–water partition coefficient (Wildman–Crippen LogP) is 0.263. The molecule has 0 aromatic carbocycles. The van der Waals surface area contributed by atoms with Crippen molar-refractivity contribution < 1.29 is 4.79 Å². The van der Waals surface area contributed by atoms with Crippen molar-refractivity contribution in [3.63, 3.8) is 0 Å². The second kappa shape index (κ2) is 3.77. The van der Waals surface area contributed by atoms with E-state index in [4.69, 9.17) is 11.5 Å². The van der Waals surface area contributed by atoms with Crippen LogP contribution in [0.25, 0.3) is 0 Å². The maximum atomic E-state index is 11.0. The summed E-state index contributed by atoms with van der Waals surface area (Å²) in [6.07, 6.45) is 2.19. The molecule has 0 saturated heterocycles. The smallest absolute Gasteiger partial charge is 0.242 e. The molecule has 13 heavy (non-hydrogen) atoms. The van der Waals surface area contributed by atoms with Gasteiger partial charge in [0.15, 0.2) is 0 Å². The zero-order valence-corrected chi connectivity index (χ0v) is 8.16. The molecule has 1 unspecified atom stereocenters. The third-order valence-corrected chi connectivity index (χ3v) is 2.21. The van der Waals surface area contributed by atoms with E-state index in [1.54, 1.807) is 0 Å². The molecule has 1 rings (SSSR count). The average molecular weight is 183 g/mol. The quantitative estimate of drug-likeness (QED) is 0.484. The first-order valence-corrected chi connectivity index (χ1v) is 4.65. The van der Waals surface area contributed by atoms with Crippen LogP contribution in [-0.4, -0.2) is 17.8 Å². The van der Waals surface area contributed by atoms with Crippen LogP contribution in [0.3, 0.4) is 0 Å². The highest BCUT2D eigenvalue weighted by atomic mass is 16.1. The highest BCUT2D eigenvalue weighted by Gasteiger charge is 2.28. The predicted molar refractivity (Wildman–Crippen MR) is 52.2 cm³/mol. The molecule has 1 atom stereocenters. The minimum atomic E-state index is -0.458. The van der Waals surface area contributed by atoms with E-state index in [9.17, 15) is 4.79 Å². The zero-order chi connectivity index (χ0) is 10.0. The Labute approximate surface area is 78.4 Å². The lowest BCUT2D eigenvalue weighted by molar-refractivity contribution is -0.120. The van der Waals surface area contributed by atoms with Crippen LogP contribution in [0.4, 0.5) is 0 Å². The molecule has 4 heteroatoms. The number of rotatable bonds is 4. The van der Waals surface area contributed by atoms with E-state index in [2.05, 4.69) is 4.99 Å². The fourth-order valence-electron chi connectivity index (χ4n) is 1.19. The number of aliphatic imine (C=N–C) groups is 1. The second-order valence-corrected chi connectivity index (χ2v) is 3.92.